The van der Waals surface area contributed by atoms with Crippen molar-refractivity contribution in [3.8, 4) is 11.5 Å². The average molecular weight is 389 g/mol. The molecule has 8 nitrogen and oxygen atoms in total. The maximum atomic E-state index is 12.4. The fourth-order valence-electron chi connectivity index (χ4n) is 2.33. The molecule has 0 unspecified atom stereocenters. The van der Waals surface area contributed by atoms with E-state index in [2.05, 4.69) is 5.32 Å². The summed E-state index contributed by atoms with van der Waals surface area (Å²) in [5.74, 6) is -0.134. The molecule has 28 heavy (non-hydrogen) atoms. The highest BCUT2D eigenvalue weighted by Gasteiger charge is 2.23. The van der Waals surface area contributed by atoms with Gasteiger partial charge < -0.3 is 23.7 Å². The van der Waals surface area contributed by atoms with Gasteiger partial charge in [0.05, 0.1) is 19.4 Å². The highest BCUT2D eigenvalue weighted by molar-refractivity contribution is 6.02. The fourth-order valence-corrected chi connectivity index (χ4v) is 2.33. The van der Waals surface area contributed by atoms with Crippen molar-refractivity contribution in [2.45, 2.75) is 13.5 Å². The predicted molar refractivity (Wildman–Crippen MR) is 102 cm³/mol. The summed E-state index contributed by atoms with van der Waals surface area (Å²) >= 11 is 0. The maximum Gasteiger partial charge on any atom is 0.411 e. The van der Waals surface area contributed by atoms with Crippen LogP contribution in [0.5, 0.6) is 11.5 Å². The van der Waals surface area contributed by atoms with E-state index in [4.69, 9.17) is 23.7 Å². The minimum Gasteiger partial charge on any atom is -0.497 e. The summed E-state index contributed by atoms with van der Waals surface area (Å²) in [6, 6.07) is 12.2. The van der Waals surface area contributed by atoms with E-state index in [0.717, 1.165) is 5.56 Å². The topological polar surface area (TPSA) is 92.3 Å². The van der Waals surface area contributed by atoms with Crippen molar-refractivity contribution in [2.24, 2.45) is 0 Å². The van der Waals surface area contributed by atoms with Crippen molar-refractivity contribution >= 4 is 17.7 Å². The van der Waals surface area contributed by atoms with Gasteiger partial charge in [-0.05, 0) is 12.5 Å². The lowest BCUT2D eigenvalue weighted by Crippen LogP contribution is -2.18. The molecule has 0 aliphatic rings. The number of carbonyl (C=O) groups excluding carboxylic acids is 2. The van der Waals surface area contributed by atoms with E-state index in [9.17, 15) is 9.59 Å². The van der Waals surface area contributed by atoms with Gasteiger partial charge >= 0.3 is 12.1 Å². The van der Waals surface area contributed by atoms with E-state index < -0.39 is 12.1 Å². The monoisotopic (exact) mass is 389 g/mol. The van der Waals surface area contributed by atoms with Gasteiger partial charge in [-0.2, -0.15) is 0 Å². The molecule has 0 bridgehead atoms. The summed E-state index contributed by atoms with van der Waals surface area (Å²) in [6.07, 6.45) is -0.736. The molecule has 1 N–H and O–H groups in total. The number of benzene rings is 2. The van der Waals surface area contributed by atoms with E-state index in [1.807, 2.05) is 30.3 Å². The van der Waals surface area contributed by atoms with E-state index in [1.165, 1.54) is 26.4 Å². The van der Waals surface area contributed by atoms with Crippen molar-refractivity contribution in [1.82, 2.24) is 0 Å². The SMILES string of the molecule is CCOC(=O)c1c(NC(=O)OCc2ccccc2)cc(OC)cc1OCOC. The Balaban J connectivity index is 2.26. The number of rotatable bonds is 9. The molecule has 150 valence electrons. The highest BCUT2D eigenvalue weighted by atomic mass is 16.7. The third kappa shape index (κ3) is 5.88. The molecule has 2 rings (SSSR count). The van der Waals surface area contributed by atoms with Crippen LogP contribution in [0.3, 0.4) is 0 Å². The first kappa shape index (κ1) is 21.0. The van der Waals surface area contributed by atoms with E-state index in [-0.39, 0.29) is 37.0 Å². The first-order chi connectivity index (χ1) is 13.6. The lowest BCUT2D eigenvalue weighted by Gasteiger charge is -2.16. The molecule has 2 aromatic carbocycles. The Morgan fingerprint density at radius 3 is 2.43 bits per heavy atom. The van der Waals surface area contributed by atoms with Crippen LogP contribution in [-0.2, 0) is 20.8 Å². The zero-order valence-electron chi connectivity index (χ0n) is 16.0. The first-order valence-corrected chi connectivity index (χ1v) is 8.57. The predicted octanol–water partition coefficient (Wildman–Crippen LogP) is 3.60. The van der Waals surface area contributed by atoms with Gasteiger partial charge in [0.25, 0.3) is 0 Å². The Hall–Kier alpha value is -3.26. The number of amides is 1. The Bertz CT molecular complexity index is 793. The Morgan fingerprint density at radius 2 is 1.79 bits per heavy atom. The summed E-state index contributed by atoms with van der Waals surface area (Å²) in [6.45, 7) is 1.82. The summed E-state index contributed by atoms with van der Waals surface area (Å²) in [4.78, 5) is 24.7. The Kier molecular flexibility index (Phi) is 8.11. The van der Waals surface area contributed by atoms with Crippen molar-refractivity contribution in [3.63, 3.8) is 0 Å². The molecule has 0 saturated carbocycles. The van der Waals surface area contributed by atoms with Crippen molar-refractivity contribution < 1.29 is 33.3 Å². The summed E-state index contributed by atoms with van der Waals surface area (Å²) < 4.78 is 25.9. The molecule has 0 saturated heterocycles. The number of carbonyl (C=O) groups is 2. The third-order valence-corrected chi connectivity index (χ3v) is 3.57. The number of hydrogen-bond donors (Lipinski definition) is 1. The summed E-state index contributed by atoms with van der Waals surface area (Å²) in [7, 11) is 2.90. The molecular formula is C20H23NO7. The van der Waals surface area contributed by atoms with Gasteiger partial charge in [0, 0.05) is 19.2 Å². The summed E-state index contributed by atoms with van der Waals surface area (Å²) in [5.41, 5.74) is 1.01. The number of ether oxygens (including phenoxy) is 5. The van der Waals surface area contributed by atoms with Gasteiger partial charge in [-0.15, -0.1) is 0 Å². The smallest absolute Gasteiger partial charge is 0.411 e. The molecule has 2 aromatic rings. The molecule has 0 radical (unpaired) electrons. The van der Waals surface area contributed by atoms with Crippen LogP contribution in [0.2, 0.25) is 0 Å². The van der Waals surface area contributed by atoms with Gasteiger partial charge in [0.1, 0.15) is 23.7 Å². The lowest BCUT2D eigenvalue weighted by molar-refractivity contribution is 0.0439. The minimum absolute atomic E-state index is 0.0383. The van der Waals surface area contributed by atoms with Crippen molar-refractivity contribution in [2.75, 3.05) is 32.9 Å². The quantitative estimate of drug-likeness (QED) is 0.517. The zero-order chi connectivity index (χ0) is 20.4. The molecular weight excluding hydrogens is 366 g/mol. The van der Waals surface area contributed by atoms with Gasteiger partial charge in [0.15, 0.2) is 6.79 Å². The normalized spacial score (nSPS) is 10.1. The van der Waals surface area contributed by atoms with E-state index >= 15 is 0 Å². The van der Waals surface area contributed by atoms with E-state index in [0.29, 0.717) is 5.75 Å². The molecule has 0 aliphatic heterocycles. The third-order valence-electron chi connectivity index (χ3n) is 3.57. The Morgan fingerprint density at radius 1 is 1.04 bits per heavy atom. The fraction of sp³-hybridized carbons (Fsp3) is 0.300. The number of hydrogen-bond acceptors (Lipinski definition) is 7. The van der Waals surface area contributed by atoms with Gasteiger partial charge in [-0.1, -0.05) is 30.3 Å². The second kappa shape index (κ2) is 10.8. The highest BCUT2D eigenvalue weighted by Crippen LogP contribution is 2.33. The molecule has 0 atom stereocenters. The van der Waals surface area contributed by atoms with Gasteiger partial charge in [0.2, 0.25) is 0 Å². The molecule has 0 aliphatic carbocycles. The van der Waals surface area contributed by atoms with E-state index in [1.54, 1.807) is 6.92 Å². The summed E-state index contributed by atoms with van der Waals surface area (Å²) in [5, 5.41) is 2.55. The molecule has 0 spiro atoms. The van der Waals surface area contributed by atoms with Crippen molar-refractivity contribution in [1.29, 1.82) is 0 Å². The minimum atomic E-state index is -0.736. The number of nitrogens with one attached hydrogen (secondary N) is 1. The first-order valence-electron chi connectivity index (χ1n) is 8.57. The van der Waals surface area contributed by atoms with Crippen LogP contribution in [0, 0.1) is 0 Å². The van der Waals surface area contributed by atoms with Crippen molar-refractivity contribution in [3.05, 3.63) is 53.6 Å². The molecule has 8 heteroatoms. The van der Waals surface area contributed by atoms with Crippen LogP contribution in [0.15, 0.2) is 42.5 Å². The Labute approximate surface area is 163 Å². The molecule has 0 heterocycles. The lowest BCUT2D eigenvalue weighted by atomic mass is 10.1. The van der Waals surface area contributed by atoms with Crippen LogP contribution < -0.4 is 14.8 Å². The molecule has 0 aromatic heterocycles. The second-order valence-corrected chi connectivity index (χ2v) is 5.51. The second-order valence-electron chi connectivity index (χ2n) is 5.51. The molecule has 0 fully saturated rings. The molecule has 1 amide bonds. The van der Waals surface area contributed by atoms with Gasteiger partial charge in [-0.3, -0.25) is 5.32 Å². The number of anilines is 1. The standard InChI is InChI=1S/C20H23NO7/c1-4-26-19(22)18-16(10-15(25-3)11-17(18)28-13-24-2)21-20(23)27-12-14-8-6-5-7-9-14/h5-11H,4,12-13H2,1-3H3,(H,21,23). The maximum absolute atomic E-state index is 12.4. The average Bonchev–Trinajstić information content (AvgIpc) is 2.71. The van der Waals surface area contributed by atoms with Crippen LogP contribution in [0.1, 0.15) is 22.8 Å². The number of esters is 1. The largest absolute Gasteiger partial charge is 0.497 e. The van der Waals surface area contributed by atoms with Crippen LogP contribution >= 0.6 is 0 Å². The van der Waals surface area contributed by atoms with Crippen LogP contribution in [0.25, 0.3) is 0 Å². The van der Waals surface area contributed by atoms with Gasteiger partial charge in [-0.25, -0.2) is 9.59 Å². The van der Waals surface area contributed by atoms with Crippen LogP contribution in [-0.4, -0.2) is 39.7 Å². The van der Waals surface area contributed by atoms with Crippen LogP contribution in [0.4, 0.5) is 10.5 Å². The zero-order valence-corrected chi connectivity index (χ0v) is 16.0. The number of methoxy groups -OCH3 is 2.